The Kier molecular flexibility index (Phi) is 6.42. The number of nitrogen functional groups attached to an aromatic ring is 1. The molecule has 0 bridgehead atoms. The molecule has 1 heterocycles. The van der Waals surface area contributed by atoms with E-state index in [-0.39, 0.29) is 19.1 Å². The Morgan fingerprint density at radius 2 is 1.76 bits per heavy atom. The first-order valence-corrected chi connectivity index (χ1v) is 9.09. The van der Waals surface area contributed by atoms with Gasteiger partial charge in [-0.05, 0) is 48.9 Å². The van der Waals surface area contributed by atoms with Crippen LogP contribution in [0.1, 0.15) is 27.3 Å². The molecule has 4 N–H and O–H groups in total. The van der Waals surface area contributed by atoms with Crippen molar-refractivity contribution >= 4 is 23.4 Å². The van der Waals surface area contributed by atoms with Gasteiger partial charge < -0.3 is 21.1 Å². The van der Waals surface area contributed by atoms with E-state index < -0.39 is 6.09 Å². The number of nitrogens with two attached hydrogens (primary N) is 1. The monoisotopic (exact) mass is 390 g/mol. The lowest BCUT2D eigenvalue weighted by molar-refractivity contribution is 0.102. The molecule has 0 atom stereocenters. The first-order valence-electron chi connectivity index (χ1n) is 9.09. The average molecular weight is 390 g/mol. The maximum atomic E-state index is 12.3. The number of carbonyl (C=O) groups is 2. The van der Waals surface area contributed by atoms with Gasteiger partial charge in [0.1, 0.15) is 6.61 Å². The SMILES string of the molecule is Cc1cccc(COC(=O)NCc2ccc(C(=O)Nc3ccccc3N)cc2)n1. The predicted octanol–water partition coefficient (Wildman–Crippen LogP) is 3.65. The van der Waals surface area contributed by atoms with Crippen molar-refractivity contribution in [3.8, 4) is 0 Å². The second-order valence-corrected chi connectivity index (χ2v) is 6.44. The number of pyridine rings is 1. The topological polar surface area (TPSA) is 106 Å². The minimum Gasteiger partial charge on any atom is -0.443 e. The number of para-hydroxylation sites is 2. The number of alkyl carbamates (subject to hydrolysis) is 1. The average Bonchev–Trinajstić information content (AvgIpc) is 2.73. The lowest BCUT2D eigenvalue weighted by Crippen LogP contribution is -2.23. The van der Waals surface area contributed by atoms with Gasteiger partial charge in [-0.25, -0.2) is 4.79 Å². The molecule has 0 aliphatic heterocycles. The summed E-state index contributed by atoms with van der Waals surface area (Å²) in [4.78, 5) is 28.4. The summed E-state index contributed by atoms with van der Waals surface area (Å²) in [6, 6.07) is 19.5. The Morgan fingerprint density at radius 3 is 2.48 bits per heavy atom. The van der Waals surface area contributed by atoms with Gasteiger partial charge in [0, 0.05) is 17.8 Å². The maximum absolute atomic E-state index is 12.3. The zero-order valence-corrected chi connectivity index (χ0v) is 16.0. The molecule has 0 radical (unpaired) electrons. The molecular weight excluding hydrogens is 368 g/mol. The van der Waals surface area contributed by atoms with E-state index in [0.29, 0.717) is 22.6 Å². The number of nitrogens with one attached hydrogen (secondary N) is 2. The second-order valence-electron chi connectivity index (χ2n) is 6.44. The van der Waals surface area contributed by atoms with E-state index in [4.69, 9.17) is 10.5 Å². The highest BCUT2D eigenvalue weighted by molar-refractivity contribution is 6.05. The van der Waals surface area contributed by atoms with E-state index >= 15 is 0 Å². The largest absolute Gasteiger partial charge is 0.443 e. The van der Waals surface area contributed by atoms with Crippen LogP contribution in [0.4, 0.5) is 16.2 Å². The molecule has 148 valence electrons. The molecule has 0 saturated heterocycles. The predicted molar refractivity (Wildman–Crippen MR) is 111 cm³/mol. The molecule has 0 fully saturated rings. The number of rotatable bonds is 6. The Morgan fingerprint density at radius 1 is 1.00 bits per heavy atom. The van der Waals surface area contributed by atoms with Crippen molar-refractivity contribution < 1.29 is 14.3 Å². The van der Waals surface area contributed by atoms with Crippen LogP contribution in [0.3, 0.4) is 0 Å². The number of hydrogen-bond acceptors (Lipinski definition) is 5. The number of nitrogens with zero attached hydrogens (tertiary/aromatic N) is 1. The van der Waals surface area contributed by atoms with E-state index in [0.717, 1.165) is 11.3 Å². The van der Waals surface area contributed by atoms with Gasteiger partial charge in [0.15, 0.2) is 0 Å². The van der Waals surface area contributed by atoms with Gasteiger partial charge in [0.2, 0.25) is 0 Å². The molecule has 7 heteroatoms. The van der Waals surface area contributed by atoms with E-state index in [2.05, 4.69) is 15.6 Å². The van der Waals surface area contributed by atoms with Crippen LogP contribution in [0.15, 0.2) is 66.7 Å². The summed E-state index contributed by atoms with van der Waals surface area (Å²) < 4.78 is 5.16. The molecule has 0 saturated carbocycles. The Hall–Kier alpha value is -3.87. The smallest absolute Gasteiger partial charge is 0.407 e. The molecule has 29 heavy (non-hydrogen) atoms. The number of benzene rings is 2. The number of ether oxygens (including phenoxy) is 1. The van der Waals surface area contributed by atoms with Crippen LogP contribution in [0.5, 0.6) is 0 Å². The fourth-order valence-corrected chi connectivity index (χ4v) is 2.62. The number of amides is 2. The molecule has 2 aromatic carbocycles. The van der Waals surface area contributed by atoms with Gasteiger partial charge in [-0.2, -0.15) is 0 Å². The van der Waals surface area contributed by atoms with E-state index in [9.17, 15) is 9.59 Å². The highest BCUT2D eigenvalue weighted by Gasteiger charge is 2.08. The highest BCUT2D eigenvalue weighted by atomic mass is 16.5. The number of aromatic nitrogens is 1. The van der Waals surface area contributed by atoms with Crippen LogP contribution in [0, 0.1) is 6.92 Å². The first-order chi connectivity index (χ1) is 14.0. The fourth-order valence-electron chi connectivity index (χ4n) is 2.62. The lowest BCUT2D eigenvalue weighted by Gasteiger charge is -2.09. The number of carbonyl (C=O) groups excluding carboxylic acids is 2. The fraction of sp³-hybridized carbons (Fsp3) is 0.136. The van der Waals surface area contributed by atoms with Crippen LogP contribution >= 0.6 is 0 Å². The molecule has 0 aliphatic rings. The minimum atomic E-state index is -0.533. The zero-order chi connectivity index (χ0) is 20.6. The van der Waals surface area contributed by atoms with Crippen molar-refractivity contribution in [1.29, 1.82) is 0 Å². The molecule has 3 rings (SSSR count). The van der Waals surface area contributed by atoms with E-state index in [1.54, 1.807) is 54.6 Å². The van der Waals surface area contributed by atoms with Gasteiger partial charge in [0.25, 0.3) is 5.91 Å². The van der Waals surface area contributed by atoms with Crippen LogP contribution in [-0.2, 0) is 17.9 Å². The van der Waals surface area contributed by atoms with Crippen molar-refractivity contribution in [3.63, 3.8) is 0 Å². The summed E-state index contributed by atoms with van der Waals surface area (Å²) in [7, 11) is 0. The third kappa shape index (κ3) is 5.80. The molecule has 7 nitrogen and oxygen atoms in total. The Labute approximate surface area is 168 Å². The third-order valence-corrected chi connectivity index (χ3v) is 4.16. The number of aryl methyl sites for hydroxylation is 1. The quantitative estimate of drug-likeness (QED) is 0.557. The Balaban J connectivity index is 1.48. The van der Waals surface area contributed by atoms with Crippen molar-refractivity contribution in [1.82, 2.24) is 10.3 Å². The van der Waals surface area contributed by atoms with Crippen LogP contribution < -0.4 is 16.4 Å². The summed E-state index contributed by atoms with van der Waals surface area (Å²) in [5.41, 5.74) is 9.79. The molecule has 0 unspecified atom stereocenters. The summed E-state index contributed by atoms with van der Waals surface area (Å²) in [6.45, 7) is 2.27. The van der Waals surface area contributed by atoms with Gasteiger partial charge in [-0.15, -0.1) is 0 Å². The molecule has 0 spiro atoms. The zero-order valence-electron chi connectivity index (χ0n) is 16.0. The van der Waals surface area contributed by atoms with Crippen molar-refractivity contribution in [3.05, 3.63) is 89.2 Å². The van der Waals surface area contributed by atoms with Crippen LogP contribution in [0.25, 0.3) is 0 Å². The van der Waals surface area contributed by atoms with Crippen molar-refractivity contribution in [2.45, 2.75) is 20.1 Å². The molecule has 1 aromatic heterocycles. The van der Waals surface area contributed by atoms with E-state index in [1.165, 1.54) is 0 Å². The third-order valence-electron chi connectivity index (χ3n) is 4.16. The lowest BCUT2D eigenvalue weighted by atomic mass is 10.1. The summed E-state index contributed by atoms with van der Waals surface area (Å²) in [6.07, 6.45) is -0.533. The summed E-state index contributed by atoms with van der Waals surface area (Å²) in [5, 5.41) is 5.45. The van der Waals surface area contributed by atoms with Crippen molar-refractivity contribution in [2.75, 3.05) is 11.1 Å². The van der Waals surface area contributed by atoms with Gasteiger partial charge >= 0.3 is 6.09 Å². The standard InChI is InChI=1S/C22H22N4O3/c1-15-5-4-6-18(25-15)14-29-22(28)24-13-16-9-11-17(12-10-16)21(27)26-20-8-3-2-7-19(20)23/h2-12H,13-14,23H2,1H3,(H,24,28)(H,26,27). The summed E-state index contributed by atoms with van der Waals surface area (Å²) in [5.74, 6) is -0.257. The summed E-state index contributed by atoms with van der Waals surface area (Å²) >= 11 is 0. The highest BCUT2D eigenvalue weighted by Crippen LogP contribution is 2.18. The van der Waals surface area contributed by atoms with E-state index in [1.807, 2.05) is 19.1 Å². The van der Waals surface area contributed by atoms with Crippen molar-refractivity contribution in [2.24, 2.45) is 0 Å². The van der Waals surface area contributed by atoms with Gasteiger partial charge in [-0.3, -0.25) is 9.78 Å². The first kappa shape index (κ1) is 19.9. The van der Waals surface area contributed by atoms with Crippen LogP contribution in [0.2, 0.25) is 0 Å². The Bertz CT molecular complexity index is 1000. The molecule has 2 amide bonds. The molecule has 3 aromatic rings. The minimum absolute atomic E-state index is 0.106. The molecular formula is C22H22N4O3. The maximum Gasteiger partial charge on any atom is 0.407 e. The normalized spacial score (nSPS) is 10.2. The number of hydrogen-bond donors (Lipinski definition) is 3. The second kappa shape index (κ2) is 9.36. The number of anilines is 2. The van der Waals surface area contributed by atoms with Gasteiger partial charge in [-0.1, -0.05) is 30.3 Å². The van der Waals surface area contributed by atoms with Crippen LogP contribution in [-0.4, -0.2) is 17.0 Å². The van der Waals surface area contributed by atoms with Gasteiger partial charge in [0.05, 0.1) is 17.1 Å². The molecule has 0 aliphatic carbocycles.